The summed E-state index contributed by atoms with van der Waals surface area (Å²) < 4.78 is 15.7. The molecule has 1 fully saturated rings. The highest BCUT2D eigenvalue weighted by molar-refractivity contribution is 5.90. The first-order chi connectivity index (χ1) is 13.1. The molecule has 0 radical (unpaired) electrons. The molecular formula is C20H25N3O4. The zero-order valence-corrected chi connectivity index (χ0v) is 15.9. The molecule has 0 unspecified atom stereocenters. The third-order valence-electron chi connectivity index (χ3n) is 4.61. The zero-order chi connectivity index (χ0) is 19.2. The maximum Gasteiger partial charge on any atom is 0.321 e. The Morgan fingerprint density at radius 2 is 1.37 bits per heavy atom. The van der Waals surface area contributed by atoms with E-state index in [0.717, 1.165) is 24.5 Å². The second kappa shape index (κ2) is 8.53. The first kappa shape index (κ1) is 18.7. The molecule has 0 spiro atoms. The maximum atomic E-state index is 12.6. The lowest BCUT2D eigenvalue weighted by Gasteiger charge is -2.36. The fraction of sp³-hybridized carbons (Fsp3) is 0.350. The van der Waals surface area contributed by atoms with E-state index in [0.29, 0.717) is 30.3 Å². The Morgan fingerprint density at radius 1 is 0.815 bits per heavy atom. The average Bonchev–Trinajstić information content (AvgIpc) is 2.73. The molecular weight excluding hydrogens is 346 g/mol. The summed E-state index contributed by atoms with van der Waals surface area (Å²) in [6, 6.07) is 13.2. The largest absolute Gasteiger partial charge is 0.497 e. The van der Waals surface area contributed by atoms with Gasteiger partial charge in [-0.25, -0.2) is 4.79 Å². The molecule has 0 bridgehead atoms. The van der Waals surface area contributed by atoms with Crippen LogP contribution in [0.1, 0.15) is 0 Å². The minimum Gasteiger partial charge on any atom is -0.497 e. The quantitative estimate of drug-likeness (QED) is 0.875. The summed E-state index contributed by atoms with van der Waals surface area (Å²) in [6.45, 7) is 2.86. The SMILES string of the molecule is COc1ccc(N2CCN(C(=O)Nc3cc(OC)cc(OC)c3)CC2)cc1. The van der Waals surface area contributed by atoms with Gasteiger partial charge in [-0.1, -0.05) is 0 Å². The summed E-state index contributed by atoms with van der Waals surface area (Å²) in [7, 11) is 4.82. The van der Waals surface area contributed by atoms with Gasteiger partial charge in [-0.05, 0) is 24.3 Å². The van der Waals surface area contributed by atoms with Crippen molar-refractivity contribution in [3.05, 3.63) is 42.5 Å². The Kier molecular flexibility index (Phi) is 5.90. The predicted octanol–water partition coefficient (Wildman–Crippen LogP) is 3.07. The lowest BCUT2D eigenvalue weighted by Crippen LogP contribution is -2.50. The summed E-state index contributed by atoms with van der Waals surface area (Å²) in [4.78, 5) is 16.7. The summed E-state index contributed by atoms with van der Waals surface area (Å²) >= 11 is 0. The van der Waals surface area contributed by atoms with E-state index in [-0.39, 0.29) is 6.03 Å². The Balaban J connectivity index is 1.58. The van der Waals surface area contributed by atoms with Crippen LogP contribution in [0.25, 0.3) is 0 Å². The number of methoxy groups -OCH3 is 3. The van der Waals surface area contributed by atoms with E-state index in [1.54, 1.807) is 39.5 Å². The minimum atomic E-state index is -0.125. The van der Waals surface area contributed by atoms with Crippen LogP contribution >= 0.6 is 0 Å². The lowest BCUT2D eigenvalue weighted by atomic mass is 10.2. The highest BCUT2D eigenvalue weighted by Gasteiger charge is 2.21. The van der Waals surface area contributed by atoms with E-state index in [1.807, 2.05) is 29.2 Å². The van der Waals surface area contributed by atoms with Crippen LogP contribution in [-0.2, 0) is 0 Å². The molecule has 1 aliphatic heterocycles. The molecule has 0 saturated carbocycles. The van der Waals surface area contributed by atoms with Gasteiger partial charge in [0, 0.05) is 55.8 Å². The number of benzene rings is 2. The molecule has 27 heavy (non-hydrogen) atoms. The summed E-state index contributed by atoms with van der Waals surface area (Å²) in [5.74, 6) is 2.11. The number of amides is 2. The Labute approximate surface area is 159 Å². The summed E-state index contributed by atoms with van der Waals surface area (Å²) in [6.07, 6.45) is 0. The maximum absolute atomic E-state index is 12.6. The smallest absolute Gasteiger partial charge is 0.321 e. The third-order valence-corrected chi connectivity index (χ3v) is 4.61. The van der Waals surface area contributed by atoms with E-state index in [1.165, 1.54) is 0 Å². The number of carbonyl (C=O) groups excluding carboxylic acids is 1. The Morgan fingerprint density at radius 3 is 1.89 bits per heavy atom. The molecule has 7 nitrogen and oxygen atoms in total. The molecule has 144 valence electrons. The van der Waals surface area contributed by atoms with Crippen molar-refractivity contribution in [2.24, 2.45) is 0 Å². The first-order valence-corrected chi connectivity index (χ1v) is 8.81. The summed E-state index contributed by atoms with van der Waals surface area (Å²) in [5, 5.41) is 2.92. The molecule has 2 amide bonds. The molecule has 1 aliphatic rings. The second-order valence-electron chi connectivity index (χ2n) is 6.20. The molecule has 3 rings (SSSR count). The number of anilines is 2. The fourth-order valence-corrected chi connectivity index (χ4v) is 3.04. The van der Waals surface area contributed by atoms with E-state index in [2.05, 4.69) is 10.2 Å². The molecule has 0 atom stereocenters. The normalized spacial score (nSPS) is 13.9. The van der Waals surface area contributed by atoms with Crippen LogP contribution in [0.3, 0.4) is 0 Å². The van der Waals surface area contributed by atoms with Gasteiger partial charge in [-0.3, -0.25) is 0 Å². The number of hydrogen-bond donors (Lipinski definition) is 1. The van der Waals surface area contributed by atoms with Gasteiger partial charge in [-0.2, -0.15) is 0 Å². The van der Waals surface area contributed by atoms with Crippen LogP contribution in [0.15, 0.2) is 42.5 Å². The van der Waals surface area contributed by atoms with Crippen molar-refractivity contribution in [1.29, 1.82) is 0 Å². The first-order valence-electron chi connectivity index (χ1n) is 8.81. The van der Waals surface area contributed by atoms with Crippen LogP contribution in [0.5, 0.6) is 17.2 Å². The molecule has 0 aliphatic carbocycles. The molecule has 7 heteroatoms. The van der Waals surface area contributed by atoms with E-state index < -0.39 is 0 Å². The number of nitrogens with zero attached hydrogens (tertiary/aromatic N) is 2. The number of hydrogen-bond acceptors (Lipinski definition) is 5. The molecule has 1 N–H and O–H groups in total. The molecule has 1 heterocycles. The van der Waals surface area contributed by atoms with E-state index in [9.17, 15) is 4.79 Å². The predicted molar refractivity (Wildman–Crippen MR) is 105 cm³/mol. The Bertz CT molecular complexity index is 749. The van der Waals surface area contributed by atoms with Crippen molar-refractivity contribution in [3.63, 3.8) is 0 Å². The summed E-state index contributed by atoms with van der Waals surface area (Å²) in [5.41, 5.74) is 1.78. The lowest BCUT2D eigenvalue weighted by molar-refractivity contribution is 0.208. The van der Waals surface area contributed by atoms with Gasteiger partial charge in [0.05, 0.1) is 21.3 Å². The number of carbonyl (C=O) groups is 1. The van der Waals surface area contributed by atoms with Crippen molar-refractivity contribution in [2.45, 2.75) is 0 Å². The monoisotopic (exact) mass is 371 g/mol. The van der Waals surface area contributed by atoms with Crippen LogP contribution in [0, 0.1) is 0 Å². The van der Waals surface area contributed by atoms with Crippen LogP contribution < -0.4 is 24.4 Å². The van der Waals surface area contributed by atoms with Crippen LogP contribution in [-0.4, -0.2) is 58.4 Å². The number of rotatable bonds is 5. The van der Waals surface area contributed by atoms with Gasteiger partial charge < -0.3 is 29.3 Å². The number of urea groups is 1. The Hall–Kier alpha value is -3.09. The molecule has 0 aromatic heterocycles. The molecule has 1 saturated heterocycles. The van der Waals surface area contributed by atoms with Gasteiger partial charge >= 0.3 is 6.03 Å². The van der Waals surface area contributed by atoms with Gasteiger partial charge in [0.15, 0.2) is 0 Å². The second-order valence-corrected chi connectivity index (χ2v) is 6.20. The van der Waals surface area contributed by atoms with Gasteiger partial charge in [0.25, 0.3) is 0 Å². The van der Waals surface area contributed by atoms with Crippen LogP contribution in [0.4, 0.5) is 16.2 Å². The van der Waals surface area contributed by atoms with Gasteiger partial charge in [0.1, 0.15) is 17.2 Å². The topological polar surface area (TPSA) is 63.3 Å². The van der Waals surface area contributed by atoms with Crippen molar-refractivity contribution in [1.82, 2.24) is 4.90 Å². The van der Waals surface area contributed by atoms with Gasteiger partial charge in [0.2, 0.25) is 0 Å². The van der Waals surface area contributed by atoms with Crippen molar-refractivity contribution in [3.8, 4) is 17.2 Å². The van der Waals surface area contributed by atoms with Crippen molar-refractivity contribution >= 4 is 17.4 Å². The van der Waals surface area contributed by atoms with Crippen molar-refractivity contribution < 1.29 is 19.0 Å². The van der Waals surface area contributed by atoms with Gasteiger partial charge in [-0.15, -0.1) is 0 Å². The highest BCUT2D eigenvalue weighted by Crippen LogP contribution is 2.26. The number of ether oxygens (including phenoxy) is 3. The van der Waals surface area contributed by atoms with Crippen molar-refractivity contribution in [2.75, 3.05) is 57.7 Å². The van der Waals surface area contributed by atoms with E-state index in [4.69, 9.17) is 14.2 Å². The highest BCUT2D eigenvalue weighted by atomic mass is 16.5. The third kappa shape index (κ3) is 4.55. The number of nitrogens with one attached hydrogen (secondary N) is 1. The standard InChI is InChI=1S/C20H25N3O4/c1-25-17-6-4-16(5-7-17)22-8-10-23(11-9-22)20(24)21-15-12-18(26-2)14-19(13-15)27-3/h4-7,12-14H,8-11H2,1-3H3,(H,21,24). The van der Waals surface area contributed by atoms with Crippen LogP contribution in [0.2, 0.25) is 0 Å². The minimum absolute atomic E-state index is 0.125. The average molecular weight is 371 g/mol. The number of piperazine rings is 1. The molecule has 2 aromatic carbocycles. The van der Waals surface area contributed by atoms with E-state index >= 15 is 0 Å². The molecule has 2 aromatic rings. The fourth-order valence-electron chi connectivity index (χ4n) is 3.04. The zero-order valence-electron chi connectivity index (χ0n) is 15.9.